The van der Waals surface area contributed by atoms with Crippen LogP contribution in [-0.4, -0.2) is 36.6 Å². The van der Waals surface area contributed by atoms with Gasteiger partial charge in [-0.1, -0.05) is 81.4 Å². The molecule has 0 spiro atoms. The zero-order valence-electron chi connectivity index (χ0n) is 24.2. The molecular formula is C34H43N5. The SMILES string of the molecule is CN(C)c1nc(NC2CCC(CNCc3ccc(-c4ccc(C(C)(C)C)cc4)cc3)CC2)nc2ccccc12. The van der Waals surface area contributed by atoms with Crippen LogP contribution in [0.5, 0.6) is 0 Å². The smallest absolute Gasteiger partial charge is 0.225 e. The van der Waals surface area contributed by atoms with E-state index >= 15 is 0 Å². The molecule has 1 aromatic heterocycles. The van der Waals surface area contributed by atoms with Crippen LogP contribution in [0.15, 0.2) is 72.8 Å². The second-order valence-electron chi connectivity index (χ2n) is 12.3. The number of aromatic nitrogens is 2. The molecule has 5 heteroatoms. The first-order valence-corrected chi connectivity index (χ1v) is 14.4. The van der Waals surface area contributed by atoms with Crippen LogP contribution in [0.25, 0.3) is 22.0 Å². The van der Waals surface area contributed by atoms with Crippen LogP contribution in [0.3, 0.4) is 0 Å². The first-order valence-electron chi connectivity index (χ1n) is 14.4. The van der Waals surface area contributed by atoms with Crippen molar-refractivity contribution in [2.75, 3.05) is 30.9 Å². The lowest BCUT2D eigenvalue weighted by atomic mass is 9.86. The minimum atomic E-state index is 0.186. The van der Waals surface area contributed by atoms with E-state index in [9.17, 15) is 0 Å². The molecule has 0 bridgehead atoms. The Morgan fingerprint density at radius 2 is 1.44 bits per heavy atom. The van der Waals surface area contributed by atoms with Gasteiger partial charge in [0.15, 0.2) is 0 Å². The molecule has 5 nitrogen and oxygen atoms in total. The standard InChI is InChI=1S/C34H43N5/c1-34(2,3)28-18-16-27(17-19-28)26-14-10-24(11-15-26)22-35-23-25-12-20-29(21-13-25)36-33-37-31-9-7-6-8-30(31)32(38-33)39(4)5/h6-11,14-19,25,29,35H,12-13,20-23H2,1-5H3,(H,36,37,38). The van der Waals surface area contributed by atoms with Gasteiger partial charge >= 0.3 is 0 Å². The molecule has 39 heavy (non-hydrogen) atoms. The summed E-state index contributed by atoms with van der Waals surface area (Å²) in [4.78, 5) is 11.7. The van der Waals surface area contributed by atoms with Gasteiger partial charge in [-0.15, -0.1) is 0 Å². The van der Waals surface area contributed by atoms with Crippen LogP contribution in [0.1, 0.15) is 57.6 Å². The van der Waals surface area contributed by atoms with E-state index in [0.29, 0.717) is 6.04 Å². The van der Waals surface area contributed by atoms with E-state index in [0.717, 1.165) is 54.5 Å². The summed E-state index contributed by atoms with van der Waals surface area (Å²) >= 11 is 0. The summed E-state index contributed by atoms with van der Waals surface area (Å²) in [7, 11) is 4.08. The van der Waals surface area contributed by atoms with Gasteiger partial charge in [0.2, 0.25) is 5.95 Å². The van der Waals surface area contributed by atoms with Crippen LogP contribution < -0.4 is 15.5 Å². The maximum atomic E-state index is 4.83. The van der Waals surface area contributed by atoms with Crippen LogP contribution in [0, 0.1) is 5.92 Å². The highest BCUT2D eigenvalue weighted by Gasteiger charge is 2.22. The van der Waals surface area contributed by atoms with Crippen molar-refractivity contribution in [1.29, 1.82) is 0 Å². The molecule has 3 aromatic carbocycles. The normalized spacial score (nSPS) is 17.8. The highest BCUT2D eigenvalue weighted by Crippen LogP contribution is 2.29. The summed E-state index contributed by atoms with van der Waals surface area (Å²) in [6.45, 7) is 8.76. The van der Waals surface area contributed by atoms with Crippen molar-refractivity contribution in [2.45, 2.75) is 64.5 Å². The molecule has 0 amide bonds. The zero-order valence-corrected chi connectivity index (χ0v) is 24.2. The third-order valence-electron chi connectivity index (χ3n) is 7.99. The minimum absolute atomic E-state index is 0.186. The van der Waals surface area contributed by atoms with E-state index in [1.165, 1.54) is 35.1 Å². The largest absolute Gasteiger partial charge is 0.362 e. The summed E-state index contributed by atoms with van der Waals surface area (Å²) in [6, 6.07) is 26.7. The lowest BCUT2D eigenvalue weighted by Gasteiger charge is -2.29. The lowest BCUT2D eigenvalue weighted by molar-refractivity contribution is 0.324. The number of anilines is 2. The molecule has 1 aliphatic carbocycles. The summed E-state index contributed by atoms with van der Waals surface area (Å²) in [6.07, 6.45) is 4.76. The van der Waals surface area contributed by atoms with Crippen LogP contribution >= 0.6 is 0 Å². The number of hydrogen-bond donors (Lipinski definition) is 2. The van der Waals surface area contributed by atoms with Gasteiger partial charge in [0.05, 0.1) is 5.52 Å². The maximum Gasteiger partial charge on any atom is 0.225 e. The van der Waals surface area contributed by atoms with Gasteiger partial charge in [-0.05, 0) is 77.9 Å². The fourth-order valence-electron chi connectivity index (χ4n) is 5.56. The lowest BCUT2D eigenvalue weighted by Crippen LogP contribution is -2.31. The van der Waals surface area contributed by atoms with Crippen molar-refractivity contribution >= 4 is 22.7 Å². The Kier molecular flexibility index (Phi) is 8.18. The molecule has 5 rings (SSSR count). The molecule has 4 aromatic rings. The Bertz CT molecular complexity index is 1360. The monoisotopic (exact) mass is 521 g/mol. The van der Waals surface area contributed by atoms with Crippen LogP contribution in [0.2, 0.25) is 0 Å². The average molecular weight is 522 g/mol. The van der Waals surface area contributed by atoms with Crippen molar-refractivity contribution in [1.82, 2.24) is 15.3 Å². The molecule has 204 valence electrons. The number of para-hydroxylation sites is 1. The Balaban J connectivity index is 1.08. The fraction of sp³-hybridized carbons (Fsp3) is 0.412. The van der Waals surface area contributed by atoms with Gasteiger partial charge in [-0.25, -0.2) is 4.98 Å². The predicted octanol–water partition coefficient (Wildman–Crippen LogP) is 7.42. The Hall–Kier alpha value is -3.44. The van der Waals surface area contributed by atoms with Gasteiger partial charge in [-0.2, -0.15) is 4.98 Å². The van der Waals surface area contributed by atoms with E-state index < -0.39 is 0 Å². The van der Waals surface area contributed by atoms with Gasteiger partial charge in [0.1, 0.15) is 5.82 Å². The number of nitrogens with one attached hydrogen (secondary N) is 2. The first kappa shape index (κ1) is 27.1. The Labute approximate surface area is 234 Å². The quantitative estimate of drug-likeness (QED) is 0.253. The molecule has 0 saturated heterocycles. The van der Waals surface area contributed by atoms with E-state index in [2.05, 4.69) is 97.0 Å². The Morgan fingerprint density at radius 3 is 2.08 bits per heavy atom. The van der Waals surface area contributed by atoms with Crippen LogP contribution in [-0.2, 0) is 12.0 Å². The molecule has 0 atom stereocenters. The van der Waals surface area contributed by atoms with Crippen molar-refractivity contribution in [2.24, 2.45) is 5.92 Å². The van der Waals surface area contributed by atoms with Crippen molar-refractivity contribution in [3.05, 3.63) is 83.9 Å². The number of benzene rings is 3. The number of hydrogen-bond acceptors (Lipinski definition) is 5. The van der Waals surface area contributed by atoms with E-state index in [1.807, 2.05) is 26.2 Å². The van der Waals surface area contributed by atoms with Crippen molar-refractivity contribution < 1.29 is 0 Å². The minimum Gasteiger partial charge on any atom is -0.362 e. The van der Waals surface area contributed by atoms with Gasteiger partial charge in [0, 0.05) is 32.1 Å². The number of fused-ring (bicyclic) bond motifs is 1. The third kappa shape index (κ3) is 6.77. The fourth-order valence-corrected chi connectivity index (χ4v) is 5.56. The highest BCUT2D eigenvalue weighted by atomic mass is 15.2. The molecule has 1 aliphatic rings. The first-order chi connectivity index (χ1) is 18.8. The summed E-state index contributed by atoms with van der Waals surface area (Å²) in [5.74, 6) is 2.43. The highest BCUT2D eigenvalue weighted by molar-refractivity contribution is 5.90. The summed E-state index contributed by atoms with van der Waals surface area (Å²) < 4.78 is 0. The van der Waals surface area contributed by atoms with Gasteiger partial charge in [0.25, 0.3) is 0 Å². The maximum absolute atomic E-state index is 4.83. The second-order valence-corrected chi connectivity index (χ2v) is 12.3. The average Bonchev–Trinajstić information content (AvgIpc) is 2.93. The van der Waals surface area contributed by atoms with E-state index in [-0.39, 0.29) is 5.41 Å². The molecule has 2 N–H and O–H groups in total. The van der Waals surface area contributed by atoms with Gasteiger partial charge < -0.3 is 15.5 Å². The van der Waals surface area contributed by atoms with Gasteiger partial charge in [-0.3, -0.25) is 0 Å². The summed E-state index contributed by atoms with van der Waals surface area (Å²) in [5, 5.41) is 8.43. The predicted molar refractivity (Wildman–Crippen MR) is 166 cm³/mol. The van der Waals surface area contributed by atoms with Crippen molar-refractivity contribution in [3.8, 4) is 11.1 Å². The third-order valence-corrected chi connectivity index (χ3v) is 7.99. The van der Waals surface area contributed by atoms with E-state index in [1.54, 1.807) is 0 Å². The Morgan fingerprint density at radius 1 is 0.795 bits per heavy atom. The topological polar surface area (TPSA) is 53.1 Å². The second kappa shape index (κ2) is 11.7. The molecule has 1 heterocycles. The molecule has 0 unspecified atom stereocenters. The number of nitrogens with zero attached hydrogens (tertiary/aromatic N) is 3. The van der Waals surface area contributed by atoms with Crippen LogP contribution in [0.4, 0.5) is 11.8 Å². The number of rotatable bonds is 8. The van der Waals surface area contributed by atoms with Crippen molar-refractivity contribution in [3.63, 3.8) is 0 Å². The zero-order chi connectivity index (χ0) is 27.4. The molecule has 0 radical (unpaired) electrons. The van der Waals surface area contributed by atoms with E-state index in [4.69, 9.17) is 9.97 Å². The molecule has 0 aliphatic heterocycles. The molecule has 1 saturated carbocycles. The molecular weight excluding hydrogens is 478 g/mol. The summed E-state index contributed by atoms with van der Waals surface area (Å²) in [5.41, 5.74) is 6.44. The molecule has 1 fully saturated rings.